The zero-order valence-corrected chi connectivity index (χ0v) is 11.3. The Morgan fingerprint density at radius 3 is 2.00 bits per heavy atom. The van der Waals surface area contributed by atoms with E-state index in [0.29, 0.717) is 0 Å². The van der Waals surface area contributed by atoms with Crippen LogP contribution < -0.4 is 0 Å². The van der Waals surface area contributed by atoms with Gasteiger partial charge in [-0.3, -0.25) is 14.2 Å². The van der Waals surface area contributed by atoms with Gasteiger partial charge in [0.05, 0.1) is 26.7 Å². The molecule has 0 spiro atoms. The molecule has 0 bridgehead atoms. The van der Waals surface area contributed by atoms with Crippen molar-refractivity contribution in [3.63, 3.8) is 0 Å². The highest BCUT2D eigenvalue weighted by atomic mass is 31.2. The predicted octanol–water partition coefficient (Wildman–Crippen LogP) is 1.77. The van der Waals surface area contributed by atoms with E-state index in [-0.39, 0.29) is 38.0 Å². The molecule has 0 fully saturated rings. The minimum absolute atomic E-state index is 0.0171. The smallest absolute Gasteiger partial charge is 0.338 e. The third kappa shape index (κ3) is 7.26. The highest BCUT2D eigenvalue weighted by Gasteiger charge is 2.27. The van der Waals surface area contributed by atoms with Crippen molar-refractivity contribution in [2.75, 3.05) is 26.5 Å². The van der Waals surface area contributed by atoms with Crippen molar-refractivity contribution < 1.29 is 27.9 Å². The van der Waals surface area contributed by atoms with Gasteiger partial charge in [-0.1, -0.05) is 0 Å². The van der Waals surface area contributed by atoms with Gasteiger partial charge in [-0.25, -0.2) is 0 Å². The maximum Gasteiger partial charge on any atom is 0.338 e. The molecule has 0 aliphatic rings. The van der Waals surface area contributed by atoms with Crippen LogP contribution in [0, 0.1) is 0 Å². The predicted molar refractivity (Wildman–Crippen MR) is 62.0 cm³/mol. The van der Waals surface area contributed by atoms with Gasteiger partial charge in [0.1, 0.15) is 11.9 Å². The van der Waals surface area contributed by atoms with E-state index < -0.39 is 13.6 Å². The number of ether oxygens (including phenoxy) is 1. The molecule has 0 aromatic heterocycles. The number of rotatable bonds is 9. The van der Waals surface area contributed by atoms with E-state index in [9.17, 15) is 14.2 Å². The Morgan fingerprint density at radius 1 is 1.06 bits per heavy atom. The van der Waals surface area contributed by atoms with E-state index in [1.807, 2.05) is 0 Å². The molecule has 0 unspecified atom stereocenters. The van der Waals surface area contributed by atoms with Gasteiger partial charge in [0.25, 0.3) is 0 Å². The van der Waals surface area contributed by atoms with E-state index in [1.54, 1.807) is 13.8 Å². The molecule has 17 heavy (non-hydrogen) atoms. The van der Waals surface area contributed by atoms with Crippen molar-refractivity contribution >= 4 is 19.3 Å². The van der Waals surface area contributed by atoms with Crippen LogP contribution in [0.25, 0.3) is 0 Å². The Morgan fingerprint density at radius 2 is 1.59 bits per heavy atom. The summed E-state index contributed by atoms with van der Waals surface area (Å²) >= 11 is 0. The van der Waals surface area contributed by atoms with Crippen LogP contribution in [0.5, 0.6) is 0 Å². The molecule has 6 nitrogen and oxygen atoms in total. The molecule has 0 aliphatic heterocycles. The number of carbonyl (C=O) groups excluding carboxylic acids is 2. The largest absolute Gasteiger partial charge is 0.469 e. The molecule has 0 aromatic rings. The topological polar surface area (TPSA) is 78.9 Å². The molecule has 0 saturated heterocycles. The summed E-state index contributed by atoms with van der Waals surface area (Å²) in [7, 11) is -2.10. The van der Waals surface area contributed by atoms with Crippen LogP contribution >= 0.6 is 7.60 Å². The average Bonchev–Trinajstić information content (AvgIpc) is 2.26. The van der Waals surface area contributed by atoms with Crippen LogP contribution in [0.15, 0.2) is 0 Å². The van der Waals surface area contributed by atoms with E-state index >= 15 is 0 Å². The molecule has 0 heterocycles. The third-order valence-electron chi connectivity index (χ3n) is 1.86. The van der Waals surface area contributed by atoms with Crippen LogP contribution in [-0.4, -0.2) is 38.2 Å². The van der Waals surface area contributed by atoms with Gasteiger partial charge in [0, 0.05) is 6.42 Å². The summed E-state index contributed by atoms with van der Waals surface area (Å²) in [5, 5.41) is 0. The van der Waals surface area contributed by atoms with Crippen molar-refractivity contribution in [3.05, 3.63) is 0 Å². The molecule has 0 N–H and O–H groups in total. The van der Waals surface area contributed by atoms with E-state index in [2.05, 4.69) is 4.74 Å². The van der Waals surface area contributed by atoms with Crippen LogP contribution in [0.4, 0.5) is 0 Å². The zero-order chi connectivity index (χ0) is 13.3. The Bertz CT molecular complexity index is 291. The molecule has 100 valence electrons. The maximum absolute atomic E-state index is 12.0. The fourth-order valence-electron chi connectivity index (χ4n) is 1.16. The molecule has 0 atom stereocenters. The highest BCUT2D eigenvalue weighted by molar-refractivity contribution is 7.54. The van der Waals surface area contributed by atoms with Gasteiger partial charge in [0.2, 0.25) is 0 Å². The monoisotopic (exact) mass is 266 g/mol. The first-order valence-electron chi connectivity index (χ1n) is 5.44. The average molecular weight is 266 g/mol. The lowest BCUT2D eigenvalue weighted by Gasteiger charge is -2.15. The molecule has 0 saturated carbocycles. The standard InChI is InChI=1S/C10H19O6P/c1-4-15-17(13,16-5-2)8-9(11)6-7-10(12)14-3/h4-8H2,1-3H3. The van der Waals surface area contributed by atoms with Crippen molar-refractivity contribution in [2.45, 2.75) is 26.7 Å². The molecule has 0 radical (unpaired) electrons. The van der Waals surface area contributed by atoms with Crippen LogP contribution in [0.3, 0.4) is 0 Å². The van der Waals surface area contributed by atoms with Gasteiger partial charge in [0.15, 0.2) is 0 Å². The first-order valence-corrected chi connectivity index (χ1v) is 7.16. The number of esters is 1. The minimum Gasteiger partial charge on any atom is -0.469 e. The quantitative estimate of drug-likeness (QED) is 0.467. The van der Waals surface area contributed by atoms with Gasteiger partial charge in [-0.05, 0) is 13.8 Å². The summed E-state index contributed by atoms with van der Waals surface area (Å²) in [4.78, 5) is 22.3. The molecule has 7 heteroatoms. The highest BCUT2D eigenvalue weighted by Crippen LogP contribution is 2.47. The summed E-state index contributed by atoms with van der Waals surface area (Å²) in [5.74, 6) is -0.804. The molecular formula is C10H19O6P. The molecule has 0 aromatic carbocycles. The minimum atomic E-state index is -3.35. The third-order valence-corrected chi connectivity index (χ3v) is 3.90. The van der Waals surface area contributed by atoms with Gasteiger partial charge >= 0.3 is 13.6 Å². The number of carbonyl (C=O) groups is 2. The number of Topliss-reactive ketones (excluding diaryl/α,β-unsaturated/α-hetero) is 1. The van der Waals surface area contributed by atoms with Crippen molar-refractivity contribution in [3.8, 4) is 0 Å². The molecular weight excluding hydrogens is 247 g/mol. The Kier molecular flexibility index (Phi) is 8.04. The van der Waals surface area contributed by atoms with Gasteiger partial charge in [-0.15, -0.1) is 0 Å². The second kappa shape index (κ2) is 8.39. The van der Waals surface area contributed by atoms with E-state index in [1.165, 1.54) is 7.11 Å². The molecule has 0 amide bonds. The second-order valence-electron chi connectivity index (χ2n) is 3.22. The van der Waals surface area contributed by atoms with Gasteiger partial charge in [-0.2, -0.15) is 0 Å². The molecule has 0 aliphatic carbocycles. The summed E-state index contributed by atoms with van der Waals surface area (Å²) in [5.41, 5.74) is 0. The summed E-state index contributed by atoms with van der Waals surface area (Å²) < 4.78 is 26.3. The first kappa shape index (κ1) is 16.3. The Balaban J connectivity index is 4.22. The molecule has 0 rings (SSSR count). The fourth-order valence-corrected chi connectivity index (χ4v) is 2.79. The lowest BCUT2D eigenvalue weighted by atomic mass is 10.2. The number of methoxy groups -OCH3 is 1. The zero-order valence-electron chi connectivity index (χ0n) is 10.4. The number of ketones is 1. The SMILES string of the molecule is CCOP(=O)(CC(=O)CCC(=O)OC)OCC. The van der Waals surface area contributed by atoms with Crippen LogP contribution in [0.1, 0.15) is 26.7 Å². The summed E-state index contributed by atoms with van der Waals surface area (Å²) in [6.45, 7) is 3.76. The second-order valence-corrected chi connectivity index (χ2v) is 5.27. The first-order chi connectivity index (χ1) is 7.97. The number of hydrogen-bond acceptors (Lipinski definition) is 6. The number of hydrogen-bond donors (Lipinski definition) is 0. The maximum atomic E-state index is 12.0. The van der Waals surface area contributed by atoms with Gasteiger partial charge < -0.3 is 13.8 Å². The summed E-state index contributed by atoms with van der Waals surface area (Å²) in [6.07, 6.45) is -0.337. The Labute approximate surface area is 101 Å². The van der Waals surface area contributed by atoms with Crippen LogP contribution in [0.2, 0.25) is 0 Å². The van der Waals surface area contributed by atoms with E-state index in [4.69, 9.17) is 9.05 Å². The summed E-state index contributed by atoms with van der Waals surface area (Å²) in [6, 6.07) is 0. The van der Waals surface area contributed by atoms with Crippen molar-refractivity contribution in [2.24, 2.45) is 0 Å². The lowest BCUT2D eigenvalue weighted by Crippen LogP contribution is -2.12. The van der Waals surface area contributed by atoms with Crippen molar-refractivity contribution in [1.82, 2.24) is 0 Å². The lowest BCUT2D eigenvalue weighted by molar-refractivity contribution is -0.141. The Hall–Kier alpha value is -0.710. The fraction of sp³-hybridized carbons (Fsp3) is 0.800. The van der Waals surface area contributed by atoms with E-state index in [0.717, 1.165) is 0 Å². The van der Waals surface area contributed by atoms with Crippen LogP contribution in [-0.2, 0) is 27.9 Å². The van der Waals surface area contributed by atoms with Crippen molar-refractivity contribution in [1.29, 1.82) is 0 Å². The normalized spacial score (nSPS) is 11.2.